The summed E-state index contributed by atoms with van der Waals surface area (Å²) in [5.74, 6) is 1.74. The second kappa shape index (κ2) is 9.80. The fourth-order valence-corrected chi connectivity index (χ4v) is 3.97. The first-order valence-corrected chi connectivity index (χ1v) is 11.0. The minimum Gasteiger partial charge on any atom is -0.482 e. The van der Waals surface area contributed by atoms with E-state index in [4.69, 9.17) is 4.74 Å². The highest BCUT2D eigenvalue weighted by Gasteiger charge is 2.19. The van der Waals surface area contributed by atoms with Crippen LogP contribution in [-0.4, -0.2) is 26.4 Å². The highest BCUT2D eigenvalue weighted by Crippen LogP contribution is 2.26. The normalized spacial score (nSPS) is 11.9. The number of hydrogen-bond acceptors (Lipinski definition) is 5. The van der Waals surface area contributed by atoms with Gasteiger partial charge in [-0.1, -0.05) is 54.6 Å². The topological polar surface area (TPSA) is 69.0 Å². The third kappa shape index (κ3) is 5.21. The number of carbonyl (C=O) groups excluding carboxylic acids is 1. The summed E-state index contributed by atoms with van der Waals surface area (Å²) in [7, 11) is 1.89. The fraction of sp³-hybridized carbons (Fsp3) is 0.348. The molecule has 1 heterocycles. The molecule has 0 saturated carbocycles. The molecule has 0 aliphatic heterocycles. The van der Waals surface area contributed by atoms with Crippen LogP contribution in [0.4, 0.5) is 5.69 Å². The second-order valence-electron chi connectivity index (χ2n) is 7.28. The number of thioether (sulfide) groups is 1. The zero-order valence-electron chi connectivity index (χ0n) is 18.1. The van der Waals surface area contributed by atoms with E-state index in [0.29, 0.717) is 11.0 Å². The number of ether oxygens (including phenoxy) is 1. The third-order valence-electron chi connectivity index (χ3n) is 4.87. The quantitative estimate of drug-likeness (QED) is 0.523. The van der Waals surface area contributed by atoms with E-state index in [9.17, 15) is 4.79 Å². The van der Waals surface area contributed by atoms with Gasteiger partial charge in [0.05, 0.1) is 5.75 Å². The lowest BCUT2D eigenvalue weighted by molar-refractivity contribution is -0.113. The Bertz CT molecular complexity index is 1030. The maximum atomic E-state index is 12.4. The van der Waals surface area contributed by atoms with Gasteiger partial charge in [-0.25, -0.2) is 0 Å². The SMILES string of the molecule is CCc1ccccc1NC(=O)CSc1nnc(C(C)Oc2ccc(C)cc2C)n1C. The molecular weight excluding hydrogens is 396 g/mol. The molecule has 0 radical (unpaired) electrons. The molecule has 0 aliphatic rings. The zero-order chi connectivity index (χ0) is 21.7. The second-order valence-corrected chi connectivity index (χ2v) is 8.22. The van der Waals surface area contributed by atoms with E-state index >= 15 is 0 Å². The third-order valence-corrected chi connectivity index (χ3v) is 5.89. The smallest absolute Gasteiger partial charge is 0.234 e. The molecule has 0 spiro atoms. The maximum Gasteiger partial charge on any atom is 0.234 e. The maximum absolute atomic E-state index is 12.4. The number of amides is 1. The summed E-state index contributed by atoms with van der Waals surface area (Å²) in [6.07, 6.45) is 0.609. The number of para-hydroxylation sites is 1. The predicted molar refractivity (Wildman–Crippen MR) is 121 cm³/mol. The van der Waals surface area contributed by atoms with Gasteiger partial charge in [0, 0.05) is 12.7 Å². The van der Waals surface area contributed by atoms with Crippen LogP contribution < -0.4 is 10.1 Å². The number of benzene rings is 2. The van der Waals surface area contributed by atoms with Crippen LogP contribution in [0.25, 0.3) is 0 Å². The van der Waals surface area contributed by atoms with Crippen LogP contribution >= 0.6 is 11.8 Å². The Morgan fingerprint density at radius 2 is 1.97 bits per heavy atom. The molecule has 0 bridgehead atoms. The van der Waals surface area contributed by atoms with Crippen molar-refractivity contribution in [1.82, 2.24) is 14.8 Å². The number of hydrogen-bond donors (Lipinski definition) is 1. The first kappa shape index (κ1) is 21.9. The molecule has 6 nitrogen and oxygen atoms in total. The van der Waals surface area contributed by atoms with Crippen LogP contribution in [0.1, 0.15) is 42.5 Å². The Morgan fingerprint density at radius 3 is 2.70 bits per heavy atom. The van der Waals surface area contributed by atoms with E-state index in [-0.39, 0.29) is 17.8 Å². The van der Waals surface area contributed by atoms with E-state index < -0.39 is 0 Å². The molecule has 2 aromatic carbocycles. The van der Waals surface area contributed by atoms with Crippen LogP contribution in [0, 0.1) is 13.8 Å². The van der Waals surface area contributed by atoms with Crippen LogP contribution in [0.15, 0.2) is 47.6 Å². The van der Waals surface area contributed by atoms with Gasteiger partial charge in [-0.2, -0.15) is 0 Å². The van der Waals surface area contributed by atoms with E-state index in [0.717, 1.165) is 29.0 Å². The molecule has 0 fully saturated rings. The van der Waals surface area contributed by atoms with Crippen molar-refractivity contribution in [2.45, 2.75) is 45.4 Å². The number of anilines is 1. The molecule has 0 saturated heterocycles. The van der Waals surface area contributed by atoms with Crippen LogP contribution in [-0.2, 0) is 18.3 Å². The van der Waals surface area contributed by atoms with E-state index in [1.807, 2.05) is 61.9 Å². The molecule has 1 unspecified atom stereocenters. The standard InChI is InChI=1S/C23H28N4O2S/c1-6-18-9-7-8-10-19(18)24-21(28)14-30-23-26-25-22(27(23)5)17(4)29-20-12-11-15(2)13-16(20)3/h7-13,17H,6,14H2,1-5H3,(H,24,28). The molecule has 0 aliphatic carbocycles. The van der Waals surface area contributed by atoms with Crippen LogP contribution in [0.2, 0.25) is 0 Å². The highest BCUT2D eigenvalue weighted by molar-refractivity contribution is 7.99. The van der Waals surface area contributed by atoms with Gasteiger partial charge in [0.1, 0.15) is 5.75 Å². The van der Waals surface area contributed by atoms with Gasteiger partial charge in [0.2, 0.25) is 5.91 Å². The Morgan fingerprint density at radius 1 is 1.20 bits per heavy atom. The fourth-order valence-electron chi connectivity index (χ4n) is 3.25. The molecular formula is C23H28N4O2S. The molecule has 1 amide bonds. The summed E-state index contributed by atoms with van der Waals surface area (Å²) >= 11 is 1.36. The van der Waals surface area contributed by atoms with Gasteiger partial charge in [-0.05, 0) is 50.5 Å². The average molecular weight is 425 g/mol. The van der Waals surface area contributed by atoms with Gasteiger partial charge in [0.25, 0.3) is 0 Å². The highest BCUT2D eigenvalue weighted by atomic mass is 32.2. The summed E-state index contributed by atoms with van der Waals surface area (Å²) in [5.41, 5.74) is 4.27. The number of carbonyl (C=O) groups is 1. The van der Waals surface area contributed by atoms with Crippen molar-refractivity contribution < 1.29 is 9.53 Å². The number of nitrogens with zero attached hydrogens (tertiary/aromatic N) is 3. The van der Waals surface area contributed by atoms with Crippen molar-refractivity contribution in [2.75, 3.05) is 11.1 Å². The molecule has 7 heteroatoms. The minimum atomic E-state index is -0.261. The molecule has 158 valence electrons. The van der Waals surface area contributed by atoms with Gasteiger partial charge in [-0.15, -0.1) is 10.2 Å². The lowest BCUT2D eigenvalue weighted by Crippen LogP contribution is -2.16. The summed E-state index contributed by atoms with van der Waals surface area (Å²) in [6, 6.07) is 14.0. The van der Waals surface area contributed by atoms with E-state index in [1.165, 1.54) is 17.3 Å². The number of aromatic nitrogens is 3. The summed E-state index contributed by atoms with van der Waals surface area (Å²) in [5, 5.41) is 12.2. The van der Waals surface area contributed by atoms with Crippen molar-refractivity contribution in [3.63, 3.8) is 0 Å². The lowest BCUT2D eigenvalue weighted by Gasteiger charge is -2.16. The molecule has 30 heavy (non-hydrogen) atoms. The Labute approximate surface area is 182 Å². The predicted octanol–water partition coefficient (Wildman–Crippen LogP) is 4.87. The monoisotopic (exact) mass is 424 g/mol. The summed E-state index contributed by atoms with van der Waals surface area (Å²) in [4.78, 5) is 12.4. The summed E-state index contributed by atoms with van der Waals surface area (Å²) in [6.45, 7) is 8.11. The van der Waals surface area contributed by atoms with Crippen molar-refractivity contribution in [2.24, 2.45) is 7.05 Å². The first-order chi connectivity index (χ1) is 14.4. The largest absolute Gasteiger partial charge is 0.482 e. The van der Waals surface area contributed by atoms with Gasteiger partial charge in [0.15, 0.2) is 17.1 Å². The Balaban J connectivity index is 1.61. The lowest BCUT2D eigenvalue weighted by atomic mass is 10.1. The van der Waals surface area contributed by atoms with Gasteiger partial charge < -0.3 is 14.6 Å². The van der Waals surface area contributed by atoms with Crippen LogP contribution in [0.3, 0.4) is 0 Å². The molecule has 3 rings (SSSR count). The van der Waals surface area contributed by atoms with Gasteiger partial charge in [-0.3, -0.25) is 4.79 Å². The van der Waals surface area contributed by atoms with Crippen molar-refractivity contribution in [3.8, 4) is 5.75 Å². The number of aryl methyl sites for hydroxylation is 3. The van der Waals surface area contributed by atoms with Crippen LogP contribution in [0.5, 0.6) is 5.75 Å². The zero-order valence-corrected chi connectivity index (χ0v) is 18.9. The van der Waals surface area contributed by atoms with E-state index in [1.54, 1.807) is 0 Å². The molecule has 1 atom stereocenters. The molecule has 3 aromatic rings. The molecule has 1 N–H and O–H groups in total. The number of nitrogens with one attached hydrogen (secondary N) is 1. The van der Waals surface area contributed by atoms with E-state index in [2.05, 4.69) is 35.4 Å². The Kier molecular flexibility index (Phi) is 7.15. The minimum absolute atomic E-state index is 0.0648. The number of rotatable bonds is 8. The molecule has 1 aromatic heterocycles. The van der Waals surface area contributed by atoms with Crippen molar-refractivity contribution in [3.05, 3.63) is 65.0 Å². The first-order valence-electron chi connectivity index (χ1n) is 10.0. The Hall–Kier alpha value is -2.80. The van der Waals surface area contributed by atoms with Crippen molar-refractivity contribution in [1.29, 1.82) is 0 Å². The average Bonchev–Trinajstić information content (AvgIpc) is 3.09. The van der Waals surface area contributed by atoms with Crippen molar-refractivity contribution >= 4 is 23.4 Å². The summed E-state index contributed by atoms with van der Waals surface area (Å²) < 4.78 is 7.98. The van der Waals surface area contributed by atoms with Gasteiger partial charge >= 0.3 is 0 Å².